The molecule has 1 heteroatoms. The predicted octanol–water partition coefficient (Wildman–Crippen LogP) is 5.56. The Kier molecular flexibility index (Phi) is 3.25. The van der Waals surface area contributed by atoms with Crippen molar-refractivity contribution >= 4 is 0 Å². The van der Waals surface area contributed by atoms with Gasteiger partial charge in [0.05, 0.1) is 5.41 Å². The van der Waals surface area contributed by atoms with Crippen LogP contribution in [-0.4, -0.2) is 5.11 Å². The quantitative estimate of drug-likeness (QED) is 0.467. The Labute approximate surface area is 183 Å². The minimum atomic E-state index is -0.941. The predicted molar refractivity (Wildman–Crippen MR) is 123 cm³/mol. The number of aliphatic hydroxyl groups is 1. The van der Waals surface area contributed by atoms with Crippen LogP contribution in [0.4, 0.5) is 0 Å². The maximum absolute atomic E-state index is 12.9. The van der Waals surface area contributed by atoms with E-state index in [4.69, 9.17) is 0 Å². The molecule has 0 aliphatic heterocycles. The molecule has 0 amide bonds. The van der Waals surface area contributed by atoms with Crippen molar-refractivity contribution in [3.05, 3.63) is 142 Å². The molecule has 31 heavy (non-hydrogen) atoms. The first kappa shape index (κ1) is 17.5. The highest BCUT2D eigenvalue weighted by molar-refractivity contribution is 5.72. The van der Waals surface area contributed by atoms with E-state index in [2.05, 4.69) is 103 Å². The molecular formula is C30H24O. The lowest BCUT2D eigenvalue weighted by Crippen LogP contribution is -2.51. The number of rotatable bonds is 2. The van der Waals surface area contributed by atoms with Gasteiger partial charge in [-0.3, -0.25) is 0 Å². The van der Waals surface area contributed by atoms with Crippen molar-refractivity contribution < 1.29 is 5.11 Å². The molecule has 1 nitrogen and oxygen atoms in total. The van der Waals surface area contributed by atoms with Gasteiger partial charge in [-0.05, 0) is 51.8 Å². The minimum absolute atomic E-state index is 0.291. The van der Waals surface area contributed by atoms with E-state index in [1.165, 1.54) is 33.4 Å². The molecule has 3 aliphatic rings. The lowest BCUT2D eigenvalue weighted by molar-refractivity contribution is -0.0880. The second-order valence-corrected chi connectivity index (χ2v) is 9.57. The molecule has 4 aromatic carbocycles. The molecular weight excluding hydrogens is 376 g/mol. The van der Waals surface area contributed by atoms with Crippen molar-refractivity contribution in [2.45, 2.75) is 30.3 Å². The molecule has 0 spiro atoms. The van der Waals surface area contributed by atoms with E-state index >= 15 is 0 Å². The van der Waals surface area contributed by atoms with Gasteiger partial charge in [-0.1, -0.05) is 103 Å². The Morgan fingerprint density at radius 3 is 1.65 bits per heavy atom. The lowest BCUT2D eigenvalue weighted by atomic mass is 9.58. The molecule has 1 atom stereocenters. The Hall–Kier alpha value is -3.16. The van der Waals surface area contributed by atoms with Gasteiger partial charge in [-0.15, -0.1) is 0 Å². The molecule has 0 saturated heterocycles. The van der Waals surface area contributed by atoms with Crippen molar-refractivity contribution in [2.75, 3.05) is 0 Å². The van der Waals surface area contributed by atoms with Crippen molar-refractivity contribution in [3.8, 4) is 0 Å². The van der Waals surface area contributed by atoms with Crippen molar-refractivity contribution in [2.24, 2.45) is 5.41 Å². The van der Waals surface area contributed by atoms with Gasteiger partial charge in [0.25, 0.3) is 0 Å². The van der Waals surface area contributed by atoms with Crippen molar-refractivity contribution in [1.82, 2.24) is 0 Å². The van der Waals surface area contributed by atoms with Gasteiger partial charge in [0.15, 0.2) is 0 Å². The standard InChI is InChI=1S/C30H24O/c31-29(18-21-10-2-1-3-11-21)26-16-8-9-17-27(26)30-24-14-6-4-12-22(24)19-28(29,30)20-23-13-5-7-15-25(23)30/h1-17,31H,18-20H2. The lowest BCUT2D eigenvalue weighted by Gasteiger charge is -2.45. The third kappa shape index (κ3) is 1.84. The van der Waals surface area contributed by atoms with E-state index in [1.807, 2.05) is 0 Å². The van der Waals surface area contributed by atoms with E-state index in [0.29, 0.717) is 6.42 Å². The summed E-state index contributed by atoms with van der Waals surface area (Å²) >= 11 is 0. The Balaban J connectivity index is 1.61. The van der Waals surface area contributed by atoms with Crippen LogP contribution in [0.2, 0.25) is 0 Å². The van der Waals surface area contributed by atoms with E-state index in [0.717, 1.165) is 18.4 Å². The normalized spacial score (nSPS) is 29.1. The van der Waals surface area contributed by atoms with Gasteiger partial charge in [0.1, 0.15) is 5.60 Å². The van der Waals surface area contributed by atoms with E-state index in [9.17, 15) is 5.11 Å². The molecule has 0 aromatic heterocycles. The average Bonchev–Trinajstić information content (AvgIpc) is 3.33. The highest BCUT2D eigenvalue weighted by Crippen LogP contribution is 2.75. The molecule has 0 fully saturated rings. The molecule has 0 heterocycles. The molecule has 0 saturated carbocycles. The number of hydrogen-bond acceptors (Lipinski definition) is 1. The second kappa shape index (κ2) is 5.75. The topological polar surface area (TPSA) is 20.2 Å². The van der Waals surface area contributed by atoms with Gasteiger partial charge in [0, 0.05) is 11.8 Å². The van der Waals surface area contributed by atoms with Crippen LogP contribution in [0.1, 0.15) is 38.9 Å². The Morgan fingerprint density at radius 1 is 0.548 bits per heavy atom. The summed E-state index contributed by atoms with van der Waals surface area (Å²) in [5, 5.41) is 12.9. The van der Waals surface area contributed by atoms with E-state index in [-0.39, 0.29) is 10.8 Å². The molecule has 0 bridgehead atoms. The molecule has 3 aliphatic carbocycles. The highest BCUT2D eigenvalue weighted by atomic mass is 16.3. The second-order valence-electron chi connectivity index (χ2n) is 9.57. The van der Waals surface area contributed by atoms with Crippen LogP contribution in [0.15, 0.2) is 103 Å². The molecule has 4 aromatic rings. The van der Waals surface area contributed by atoms with Crippen LogP contribution in [0.5, 0.6) is 0 Å². The van der Waals surface area contributed by atoms with Gasteiger partial charge in [-0.2, -0.15) is 0 Å². The van der Waals surface area contributed by atoms with Crippen LogP contribution in [0.25, 0.3) is 0 Å². The first-order valence-corrected chi connectivity index (χ1v) is 11.2. The van der Waals surface area contributed by atoms with Gasteiger partial charge < -0.3 is 5.11 Å². The van der Waals surface area contributed by atoms with Crippen LogP contribution >= 0.6 is 0 Å². The fraction of sp³-hybridized carbons (Fsp3) is 0.200. The van der Waals surface area contributed by atoms with E-state index in [1.54, 1.807) is 0 Å². The number of benzene rings is 4. The maximum atomic E-state index is 12.9. The Bertz CT molecular complexity index is 1290. The summed E-state index contributed by atoms with van der Waals surface area (Å²) in [6.45, 7) is 0. The molecule has 0 radical (unpaired) electrons. The van der Waals surface area contributed by atoms with Crippen LogP contribution in [0, 0.1) is 5.41 Å². The summed E-state index contributed by atoms with van der Waals surface area (Å²) in [6, 6.07) is 37.0. The third-order valence-electron chi connectivity index (χ3n) is 8.42. The number of hydrogen-bond donors (Lipinski definition) is 1. The highest BCUT2D eigenvalue weighted by Gasteiger charge is 2.75. The summed E-state index contributed by atoms with van der Waals surface area (Å²) in [6.07, 6.45) is 2.43. The molecule has 7 rings (SSSR count). The largest absolute Gasteiger partial charge is 0.384 e. The first-order valence-electron chi connectivity index (χ1n) is 11.2. The fourth-order valence-corrected chi connectivity index (χ4v) is 7.45. The molecule has 150 valence electrons. The van der Waals surface area contributed by atoms with Crippen LogP contribution in [-0.2, 0) is 30.3 Å². The summed E-state index contributed by atoms with van der Waals surface area (Å²) < 4.78 is 0. The summed E-state index contributed by atoms with van der Waals surface area (Å²) in [4.78, 5) is 0. The monoisotopic (exact) mass is 400 g/mol. The van der Waals surface area contributed by atoms with Crippen molar-refractivity contribution in [3.63, 3.8) is 0 Å². The zero-order valence-corrected chi connectivity index (χ0v) is 17.4. The summed E-state index contributed by atoms with van der Waals surface area (Å²) in [5.41, 5.74) is 7.60. The Morgan fingerprint density at radius 2 is 1.03 bits per heavy atom. The summed E-state index contributed by atoms with van der Waals surface area (Å²) in [5.74, 6) is 0. The van der Waals surface area contributed by atoms with Gasteiger partial charge in [-0.25, -0.2) is 0 Å². The maximum Gasteiger partial charge on any atom is 0.102 e. The first-order chi connectivity index (χ1) is 15.2. The van der Waals surface area contributed by atoms with Crippen LogP contribution < -0.4 is 0 Å². The average molecular weight is 401 g/mol. The SMILES string of the molecule is OC1(Cc2ccccc2)c2ccccc2C23c4ccccc4CC12Cc1ccccc13. The molecule has 1 N–H and O–H groups in total. The smallest absolute Gasteiger partial charge is 0.102 e. The van der Waals surface area contributed by atoms with Crippen LogP contribution in [0.3, 0.4) is 0 Å². The van der Waals surface area contributed by atoms with Gasteiger partial charge in [0.2, 0.25) is 0 Å². The zero-order chi connectivity index (χ0) is 20.7. The third-order valence-corrected chi connectivity index (χ3v) is 8.42. The van der Waals surface area contributed by atoms with E-state index < -0.39 is 5.60 Å². The van der Waals surface area contributed by atoms with Gasteiger partial charge >= 0.3 is 0 Å². The fourth-order valence-electron chi connectivity index (χ4n) is 7.45. The van der Waals surface area contributed by atoms with Crippen molar-refractivity contribution in [1.29, 1.82) is 0 Å². The molecule has 1 unspecified atom stereocenters. The zero-order valence-electron chi connectivity index (χ0n) is 17.4. The minimum Gasteiger partial charge on any atom is -0.384 e. The summed E-state index contributed by atoms with van der Waals surface area (Å²) in [7, 11) is 0. The number of fused-ring (bicyclic) bond motifs is 3.